The number of aliphatic carboxylic acids is 1. The molecule has 1 aliphatic rings. The van der Waals surface area contributed by atoms with Crippen LogP contribution in [0.15, 0.2) is 12.1 Å². The van der Waals surface area contributed by atoms with Gasteiger partial charge >= 0.3 is 0 Å². The fraction of sp³-hybridized carbons (Fsp3) is 0.500. The van der Waals surface area contributed by atoms with Crippen LogP contribution in [0.4, 0.5) is 10.1 Å². The molecule has 1 atom stereocenters. The maximum absolute atomic E-state index is 14.4. The van der Waals surface area contributed by atoms with Gasteiger partial charge in [-0.25, -0.2) is 9.37 Å². The van der Waals surface area contributed by atoms with Gasteiger partial charge in [0.15, 0.2) is 0 Å². The lowest BCUT2D eigenvalue weighted by atomic mass is 10.1. The number of carboxylic acid groups (broad SMARTS) is 1. The molecule has 2 aromatic rings. The smallest absolute Gasteiger partial charge is 0.148 e. The number of carboxylic acids is 1. The van der Waals surface area contributed by atoms with Crippen LogP contribution in [0.1, 0.15) is 25.1 Å². The van der Waals surface area contributed by atoms with E-state index in [4.69, 9.17) is 0 Å². The molecule has 1 fully saturated rings. The predicted octanol–water partition coefficient (Wildman–Crippen LogP) is 0.697. The molecule has 0 spiro atoms. The van der Waals surface area contributed by atoms with Gasteiger partial charge in [-0.15, -0.1) is 0 Å². The molecule has 1 unspecified atom stereocenters. The van der Waals surface area contributed by atoms with Gasteiger partial charge in [0.1, 0.15) is 11.6 Å². The van der Waals surface area contributed by atoms with Crippen molar-refractivity contribution >= 4 is 22.7 Å². The van der Waals surface area contributed by atoms with Crippen LogP contribution in [-0.2, 0) is 4.79 Å². The Hall–Kier alpha value is -2.15. The number of carbonyl (C=O) groups is 1. The van der Waals surface area contributed by atoms with Crippen molar-refractivity contribution in [3.8, 4) is 0 Å². The van der Waals surface area contributed by atoms with Gasteiger partial charge in [-0.2, -0.15) is 0 Å². The maximum atomic E-state index is 14.4. The van der Waals surface area contributed by atoms with Crippen LogP contribution in [0.5, 0.6) is 0 Å². The number of piperazine rings is 1. The Labute approximate surface area is 133 Å². The van der Waals surface area contributed by atoms with E-state index in [9.17, 15) is 14.3 Å². The van der Waals surface area contributed by atoms with Gasteiger partial charge in [0, 0.05) is 32.2 Å². The third kappa shape index (κ3) is 3.01. The van der Waals surface area contributed by atoms with Crippen molar-refractivity contribution in [3.63, 3.8) is 0 Å². The highest BCUT2D eigenvalue weighted by molar-refractivity contribution is 5.82. The minimum Gasteiger partial charge on any atom is -0.549 e. The summed E-state index contributed by atoms with van der Waals surface area (Å²) >= 11 is 0. The Morgan fingerprint density at radius 1 is 1.39 bits per heavy atom. The number of aromatic nitrogens is 2. The number of rotatable bonds is 4. The van der Waals surface area contributed by atoms with E-state index in [2.05, 4.69) is 14.9 Å². The first-order valence-electron chi connectivity index (χ1n) is 7.83. The van der Waals surface area contributed by atoms with Crippen LogP contribution >= 0.6 is 0 Å². The number of anilines is 1. The topological polar surface area (TPSA) is 75.3 Å². The molecular weight excluding hydrogens is 299 g/mol. The van der Waals surface area contributed by atoms with Crippen molar-refractivity contribution < 1.29 is 14.3 Å². The Morgan fingerprint density at radius 3 is 2.70 bits per heavy atom. The molecule has 0 amide bonds. The average molecular weight is 319 g/mol. The molecule has 1 aliphatic heterocycles. The summed E-state index contributed by atoms with van der Waals surface area (Å²) in [5.41, 5.74) is 1.61. The number of aromatic amines is 1. The van der Waals surface area contributed by atoms with Crippen molar-refractivity contribution in [1.82, 2.24) is 14.9 Å². The third-order valence-corrected chi connectivity index (χ3v) is 4.44. The SMILES string of the molecule is CCC(C(=O)[O-])c1nc2cc(N3CCN(C)CC3)c(F)cc2[nH]1. The molecule has 3 rings (SSSR count). The second-order valence-electron chi connectivity index (χ2n) is 6.01. The summed E-state index contributed by atoms with van der Waals surface area (Å²) in [7, 11) is 2.04. The Bertz CT molecular complexity index is 722. The van der Waals surface area contributed by atoms with Crippen molar-refractivity contribution in [3.05, 3.63) is 23.8 Å². The zero-order valence-corrected chi connectivity index (χ0v) is 13.3. The summed E-state index contributed by atoms with van der Waals surface area (Å²) in [6.45, 7) is 5.03. The number of hydrogen-bond acceptors (Lipinski definition) is 5. The van der Waals surface area contributed by atoms with Gasteiger partial charge in [0.25, 0.3) is 0 Å². The molecule has 1 aromatic heterocycles. The summed E-state index contributed by atoms with van der Waals surface area (Å²) in [5.74, 6) is -1.99. The standard InChI is InChI=1S/C16H21FN4O2/c1-3-10(16(22)23)15-18-12-8-11(17)14(9-13(12)19-15)21-6-4-20(2)5-7-21/h8-10H,3-7H2,1-2H3,(H,18,19)(H,22,23)/p-1. The van der Waals surface area contributed by atoms with E-state index >= 15 is 0 Å². The summed E-state index contributed by atoms with van der Waals surface area (Å²) in [5, 5.41) is 11.2. The van der Waals surface area contributed by atoms with Crippen molar-refractivity contribution in [1.29, 1.82) is 0 Å². The number of fused-ring (bicyclic) bond motifs is 1. The van der Waals surface area contributed by atoms with E-state index in [0.29, 0.717) is 29.0 Å². The average Bonchev–Trinajstić information content (AvgIpc) is 2.90. The number of imidazole rings is 1. The first kappa shape index (κ1) is 15.7. The fourth-order valence-electron chi connectivity index (χ4n) is 2.97. The number of benzene rings is 1. The summed E-state index contributed by atoms with van der Waals surface area (Å²) < 4.78 is 14.4. The number of likely N-dealkylation sites (N-methyl/N-ethyl adjacent to an activating group) is 1. The van der Waals surface area contributed by atoms with E-state index in [-0.39, 0.29) is 5.82 Å². The largest absolute Gasteiger partial charge is 0.549 e. The quantitative estimate of drug-likeness (QED) is 0.898. The monoisotopic (exact) mass is 319 g/mol. The normalized spacial score (nSPS) is 17.6. The van der Waals surface area contributed by atoms with Crippen LogP contribution in [0.3, 0.4) is 0 Å². The molecule has 7 heteroatoms. The molecular formula is C16H20FN4O2-. The van der Waals surface area contributed by atoms with Gasteiger partial charge in [0.05, 0.1) is 28.6 Å². The molecule has 0 bridgehead atoms. The molecule has 1 N–H and O–H groups in total. The number of nitrogens with one attached hydrogen (secondary N) is 1. The summed E-state index contributed by atoms with van der Waals surface area (Å²) in [4.78, 5) is 22.6. The molecule has 6 nitrogen and oxygen atoms in total. The third-order valence-electron chi connectivity index (χ3n) is 4.44. The maximum Gasteiger partial charge on any atom is 0.148 e. The van der Waals surface area contributed by atoms with Crippen LogP contribution in [0.2, 0.25) is 0 Å². The lowest BCUT2D eigenvalue weighted by Crippen LogP contribution is -2.44. The van der Waals surface area contributed by atoms with Crippen LogP contribution in [0.25, 0.3) is 11.0 Å². The van der Waals surface area contributed by atoms with Crippen LogP contribution in [-0.4, -0.2) is 54.1 Å². The number of H-pyrrole nitrogens is 1. The second-order valence-corrected chi connectivity index (χ2v) is 6.01. The van der Waals surface area contributed by atoms with Crippen LogP contribution < -0.4 is 10.0 Å². The Kier molecular flexibility index (Phi) is 4.21. The predicted molar refractivity (Wildman–Crippen MR) is 83.8 cm³/mol. The molecule has 124 valence electrons. The van der Waals surface area contributed by atoms with E-state index in [1.54, 1.807) is 13.0 Å². The first-order chi connectivity index (χ1) is 11.0. The number of hydrogen-bond donors (Lipinski definition) is 1. The molecule has 0 saturated carbocycles. The Balaban J connectivity index is 1.96. The summed E-state index contributed by atoms with van der Waals surface area (Å²) in [6, 6.07) is 3.08. The van der Waals surface area contributed by atoms with Gasteiger partial charge in [-0.05, 0) is 19.5 Å². The van der Waals surface area contributed by atoms with Gasteiger partial charge < -0.3 is 24.7 Å². The second kappa shape index (κ2) is 6.16. The van der Waals surface area contributed by atoms with E-state index in [0.717, 1.165) is 26.2 Å². The van der Waals surface area contributed by atoms with E-state index < -0.39 is 11.9 Å². The zero-order valence-electron chi connectivity index (χ0n) is 13.3. The van der Waals surface area contributed by atoms with Gasteiger partial charge in [0.2, 0.25) is 0 Å². The van der Waals surface area contributed by atoms with E-state index in [1.165, 1.54) is 6.07 Å². The van der Waals surface area contributed by atoms with E-state index in [1.807, 2.05) is 11.9 Å². The number of nitrogens with zero attached hydrogens (tertiary/aromatic N) is 3. The number of halogens is 1. The first-order valence-corrected chi connectivity index (χ1v) is 7.83. The number of carbonyl (C=O) groups excluding carboxylic acids is 1. The summed E-state index contributed by atoms with van der Waals surface area (Å²) in [6.07, 6.45) is 0.371. The minimum absolute atomic E-state index is 0.317. The van der Waals surface area contributed by atoms with Gasteiger partial charge in [-0.3, -0.25) is 0 Å². The van der Waals surface area contributed by atoms with Crippen molar-refractivity contribution in [2.45, 2.75) is 19.3 Å². The van der Waals surface area contributed by atoms with Gasteiger partial charge in [-0.1, -0.05) is 6.92 Å². The fourth-order valence-corrected chi connectivity index (χ4v) is 2.97. The molecule has 2 heterocycles. The molecule has 1 saturated heterocycles. The minimum atomic E-state index is -1.17. The highest BCUT2D eigenvalue weighted by atomic mass is 19.1. The molecule has 23 heavy (non-hydrogen) atoms. The molecule has 0 radical (unpaired) electrons. The van der Waals surface area contributed by atoms with Crippen molar-refractivity contribution in [2.75, 3.05) is 38.1 Å². The van der Waals surface area contributed by atoms with Crippen LogP contribution in [0, 0.1) is 5.82 Å². The van der Waals surface area contributed by atoms with Crippen molar-refractivity contribution in [2.24, 2.45) is 0 Å². The zero-order chi connectivity index (χ0) is 16.6. The lowest BCUT2D eigenvalue weighted by Gasteiger charge is -2.34. The molecule has 0 aliphatic carbocycles. The lowest BCUT2D eigenvalue weighted by molar-refractivity contribution is -0.308. The highest BCUT2D eigenvalue weighted by Gasteiger charge is 2.20. The molecule has 1 aromatic carbocycles. The highest BCUT2D eigenvalue weighted by Crippen LogP contribution is 2.27. The Morgan fingerprint density at radius 2 is 2.09 bits per heavy atom.